The largest absolute Gasteiger partial charge is 0.479 e. The van der Waals surface area contributed by atoms with E-state index >= 15 is 0 Å². The van der Waals surface area contributed by atoms with E-state index in [1.165, 1.54) is 48.5 Å². The van der Waals surface area contributed by atoms with Gasteiger partial charge < -0.3 is 10.2 Å². The summed E-state index contributed by atoms with van der Waals surface area (Å²) in [5.41, 5.74) is 0.0740. The van der Waals surface area contributed by atoms with Crippen molar-refractivity contribution < 1.29 is 48.9 Å². The van der Waals surface area contributed by atoms with Crippen LogP contribution in [0.25, 0.3) is 0 Å². The summed E-state index contributed by atoms with van der Waals surface area (Å²) in [6.45, 7) is 0. The minimum Gasteiger partial charge on any atom is -0.479 e. The van der Waals surface area contributed by atoms with Crippen LogP contribution >= 0.6 is 0 Å². The monoisotopic (exact) mass is 390 g/mol. The minimum atomic E-state index is -2.31. The zero-order chi connectivity index (χ0) is 20.5. The molecule has 0 aliphatic carbocycles. The zero-order valence-corrected chi connectivity index (χ0v) is 14.1. The van der Waals surface area contributed by atoms with Crippen molar-refractivity contribution in [2.45, 2.75) is 12.2 Å². The van der Waals surface area contributed by atoms with E-state index in [2.05, 4.69) is 19.6 Å². The Morgan fingerprint density at radius 2 is 0.929 bits per heavy atom. The van der Waals surface area contributed by atoms with Gasteiger partial charge in [-0.2, -0.15) is 9.78 Å². The van der Waals surface area contributed by atoms with Gasteiger partial charge in [0.2, 0.25) is 12.2 Å². The van der Waals surface area contributed by atoms with Gasteiger partial charge >= 0.3 is 23.9 Å². The SMILES string of the molecule is O=C(OOC(C(=O)O)C(OOC(=O)c1ccccc1)C(=O)O)c1ccccc1. The molecule has 0 amide bonds. The molecule has 0 aliphatic rings. The van der Waals surface area contributed by atoms with Crippen LogP contribution in [0.2, 0.25) is 0 Å². The summed E-state index contributed by atoms with van der Waals surface area (Å²) in [5.74, 6) is -5.78. The van der Waals surface area contributed by atoms with Crippen LogP contribution in [0, 0.1) is 0 Å². The predicted molar refractivity (Wildman–Crippen MR) is 88.7 cm³/mol. The Morgan fingerprint density at radius 1 is 0.607 bits per heavy atom. The Morgan fingerprint density at radius 3 is 1.21 bits per heavy atom. The molecule has 2 N–H and O–H groups in total. The van der Waals surface area contributed by atoms with E-state index in [0.29, 0.717) is 0 Å². The summed E-state index contributed by atoms with van der Waals surface area (Å²) in [6, 6.07) is 14.8. The van der Waals surface area contributed by atoms with Gasteiger partial charge in [0.1, 0.15) is 0 Å². The molecule has 2 aromatic carbocycles. The third-order valence-electron chi connectivity index (χ3n) is 3.24. The standard InChI is InChI=1S/C18H14O10/c19-15(20)13(25-27-17(23)11-7-3-1-4-8-11)14(16(21)22)26-28-18(24)12-9-5-2-6-10-12/h1-10,13-14H,(H,19,20)(H,21,22). The number of carbonyl (C=O) groups is 4. The van der Waals surface area contributed by atoms with E-state index < -0.39 is 36.1 Å². The molecule has 146 valence electrons. The number of benzene rings is 2. The second-order valence-electron chi connectivity index (χ2n) is 5.18. The highest BCUT2D eigenvalue weighted by Crippen LogP contribution is 2.11. The Labute approximate surface area is 157 Å². The molecule has 0 saturated heterocycles. The van der Waals surface area contributed by atoms with Gasteiger partial charge in [0.05, 0.1) is 11.1 Å². The molecular weight excluding hydrogens is 376 g/mol. The zero-order valence-electron chi connectivity index (χ0n) is 14.1. The maximum absolute atomic E-state index is 11.8. The van der Waals surface area contributed by atoms with Gasteiger partial charge in [0, 0.05) is 0 Å². The molecule has 2 atom stereocenters. The van der Waals surface area contributed by atoms with Crippen molar-refractivity contribution in [1.82, 2.24) is 0 Å². The van der Waals surface area contributed by atoms with Crippen LogP contribution in [0.15, 0.2) is 60.7 Å². The van der Waals surface area contributed by atoms with Gasteiger partial charge in [-0.05, 0) is 24.3 Å². The topological polar surface area (TPSA) is 146 Å². The third-order valence-corrected chi connectivity index (χ3v) is 3.24. The summed E-state index contributed by atoms with van der Waals surface area (Å²) >= 11 is 0. The van der Waals surface area contributed by atoms with E-state index in [0.717, 1.165) is 0 Å². The molecule has 0 radical (unpaired) electrons. The van der Waals surface area contributed by atoms with E-state index in [9.17, 15) is 19.2 Å². The van der Waals surface area contributed by atoms with Crippen LogP contribution < -0.4 is 0 Å². The maximum atomic E-state index is 11.8. The van der Waals surface area contributed by atoms with E-state index in [4.69, 9.17) is 10.2 Å². The first-order chi connectivity index (χ1) is 13.4. The molecule has 0 fully saturated rings. The van der Waals surface area contributed by atoms with Crippen LogP contribution in [0.4, 0.5) is 0 Å². The van der Waals surface area contributed by atoms with E-state index in [-0.39, 0.29) is 11.1 Å². The number of hydrogen-bond donors (Lipinski definition) is 2. The van der Waals surface area contributed by atoms with Gasteiger partial charge in [-0.3, -0.25) is 9.78 Å². The summed E-state index contributed by atoms with van der Waals surface area (Å²) in [6.07, 6.45) is -4.62. The van der Waals surface area contributed by atoms with Gasteiger partial charge in [-0.1, -0.05) is 36.4 Å². The fourth-order valence-electron chi connectivity index (χ4n) is 1.88. The summed E-state index contributed by atoms with van der Waals surface area (Å²) < 4.78 is 0. The second-order valence-corrected chi connectivity index (χ2v) is 5.18. The van der Waals surface area contributed by atoms with Gasteiger partial charge in [-0.25, -0.2) is 19.2 Å². The van der Waals surface area contributed by atoms with E-state index in [1.807, 2.05) is 0 Å². The second kappa shape index (κ2) is 9.80. The lowest BCUT2D eigenvalue weighted by atomic mass is 10.2. The number of hydrogen-bond acceptors (Lipinski definition) is 8. The fraction of sp³-hybridized carbons (Fsp3) is 0.111. The summed E-state index contributed by atoms with van der Waals surface area (Å²) in [4.78, 5) is 63.8. The number of carboxylic acid groups (broad SMARTS) is 2. The average Bonchev–Trinajstić information content (AvgIpc) is 2.70. The highest BCUT2D eigenvalue weighted by molar-refractivity contribution is 5.90. The molecule has 0 heterocycles. The van der Waals surface area contributed by atoms with E-state index in [1.54, 1.807) is 12.1 Å². The number of carbonyl (C=O) groups excluding carboxylic acids is 2. The van der Waals surface area contributed by atoms with Crippen molar-refractivity contribution in [1.29, 1.82) is 0 Å². The lowest BCUT2D eigenvalue weighted by Crippen LogP contribution is -2.44. The predicted octanol–water partition coefficient (Wildman–Crippen LogP) is 1.47. The molecule has 2 unspecified atom stereocenters. The Bertz CT molecular complexity index is 762. The first kappa shape index (κ1) is 20.6. The van der Waals surface area contributed by atoms with Crippen molar-refractivity contribution in [3.05, 3.63) is 71.8 Å². The Balaban J connectivity index is 2.03. The number of rotatable bonds is 9. The molecule has 0 bridgehead atoms. The smallest absolute Gasteiger partial charge is 0.373 e. The molecule has 0 aromatic heterocycles. The molecule has 0 saturated carbocycles. The quantitative estimate of drug-likeness (QED) is 0.477. The molecule has 10 nitrogen and oxygen atoms in total. The molecule has 2 aromatic rings. The highest BCUT2D eigenvalue weighted by atomic mass is 17.2. The van der Waals surface area contributed by atoms with Crippen LogP contribution in [-0.4, -0.2) is 46.3 Å². The molecule has 10 heteroatoms. The Kier molecular flexibility index (Phi) is 7.20. The maximum Gasteiger partial charge on any atom is 0.373 e. The molecule has 28 heavy (non-hydrogen) atoms. The van der Waals surface area contributed by atoms with Crippen LogP contribution in [0.3, 0.4) is 0 Å². The van der Waals surface area contributed by atoms with Gasteiger partial charge in [-0.15, -0.1) is 0 Å². The van der Waals surface area contributed by atoms with Crippen LogP contribution in [0.5, 0.6) is 0 Å². The van der Waals surface area contributed by atoms with Crippen molar-refractivity contribution in [3.63, 3.8) is 0 Å². The van der Waals surface area contributed by atoms with Crippen molar-refractivity contribution in [2.24, 2.45) is 0 Å². The molecule has 0 spiro atoms. The van der Waals surface area contributed by atoms with Crippen molar-refractivity contribution in [3.8, 4) is 0 Å². The first-order valence-electron chi connectivity index (χ1n) is 7.71. The average molecular weight is 390 g/mol. The third kappa shape index (κ3) is 5.62. The number of aliphatic carboxylic acids is 2. The van der Waals surface area contributed by atoms with Crippen LogP contribution in [-0.2, 0) is 29.1 Å². The van der Waals surface area contributed by atoms with Crippen LogP contribution in [0.1, 0.15) is 20.7 Å². The molecule has 2 rings (SSSR count). The highest BCUT2D eigenvalue weighted by Gasteiger charge is 2.40. The minimum absolute atomic E-state index is 0.0370. The lowest BCUT2D eigenvalue weighted by Gasteiger charge is -2.18. The first-order valence-corrected chi connectivity index (χ1v) is 7.71. The molecular formula is C18H14O10. The van der Waals surface area contributed by atoms with Gasteiger partial charge in [0.25, 0.3) is 0 Å². The fourth-order valence-corrected chi connectivity index (χ4v) is 1.88. The van der Waals surface area contributed by atoms with Gasteiger partial charge in [0.15, 0.2) is 0 Å². The summed E-state index contributed by atoms with van der Waals surface area (Å²) in [5, 5.41) is 18.3. The normalized spacial score (nSPS) is 12.4. The molecule has 0 aliphatic heterocycles. The lowest BCUT2D eigenvalue weighted by molar-refractivity contribution is -0.337. The number of carboxylic acids is 2. The Hall–Kier alpha value is -3.76. The van der Waals surface area contributed by atoms with Crippen molar-refractivity contribution >= 4 is 23.9 Å². The summed E-state index contributed by atoms with van der Waals surface area (Å²) in [7, 11) is 0. The van der Waals surface area contributed by atoms with Crippen molar-refractivity contribution in [2.75, 3.05) is 0 Å².